The zero-order valence-electron chi connectivity index (χ0n) is 45.9. The van der Waals surface area contributed by atoms with E-state index in [0.29, 0.717) is 32.3 Å². The van der Waals surface area contributed by atoms with Crippen molar-refractivity contribution >= 4 is 0 Å². The van der Waals surface area contributed by atoms with Crippen LogP contribution in [0.3, 0.4) is 0 Å². The lowest BCUT2D eigenvalue weighted by molar-refractivity contribution is -0.382. The zero-order valence-corrected chi connectivity index (χ0v) is 45.9. The molecule has 0 aromatic carbocycles. The van der Waals surface area contributed by atoms with E-state index in [0.717, 1.165) is 38.5 Å². The summed E-state index contributed by atoms with van der Waals surface area (Å²) in [6.45, 7) is 8.42. The van der Waals surface area contributed by atoms with Gasteiger partial charge in [-0.25, -0.2) is 0 Å². The molecule has 0 amide bonds. The molecule has 4 saturated carbocycles. The van der Waals surface area contributed by atoms with Crippen molar-refractivity contribution < 1.29 is 124 Å². The minimum Gasteiger partial charge on any atom is -0.394 e. The summed E-state index contributed by atoms with van der Waals surface area (Å²) in [7, 11) is 0. The molecular formula is C54H92O25. The third-order valence-corrected chi connectivity index (χ3v) is 22.0. The molecular weight excluding hydrogens is 1050 g/mol. The first-order valence-corrected chi connectivity index (χ1v) is 28.7. The third kappa shape index (κ3) is 10.7. The highest BCUT2D eigenvalue weighted by molar-refractivity contribution is 5.19. The standard InChI is InChI=1S/C54H92O25/c1-23(20-71-46-41(67)37(63)33(59)26(16-55)74-46)25-8-13-54(22-72-25)15-14-52(4)24(45(54)70)6-7-31-50(2)11-10-32(51(3,30(50)9-12-53(31,52)5)21-73-47-42(68)38(64)34(60)27(17-56)75-47)78-49-44(40(66)36(62)29(19-58)77-49)79-48-43(69)39(65)35(61)28(18-57)76-48/h23-49,55-70H,6-22H2,1-5H3/t23-,24+,25?,26+,27+,28+,29+,30+,31+,32-,33+,34+,35+,36+,37-,38-,39-,40-,41+,42+,43+,44+,45+,46+,47-,48-,49?,50-,51-,52+,53+,54+/m0/s1. The van der Waals surface area contributed by atoms with E-state index >= 15 is 0 Å². The maximum absolute atomic E-state index is 12.7. The molecule has 9 fully saturated rings. The second kappa shape index (κ2) is 24.0. The fraction of sp³-hybridized carbons (Fsp3) is 1.00. The van der Waals surface area contributed by atoms with Crippen molar-refractivity contribution in [2.75, 3.05) is 46.2 Å². The Hall–Kier alpha value is -1.00. The molecule has 79 heavy (non-hydrogen) atoms. The van der Waals surface area contributed by atoms with Gasteiger partial charge in [-0.1, -0.05) is 34.6 Å². The molecule has 25 nitrogen and oxygen atoms in total. The summed E-state index contributed by atoms with van der Waals surface area (Å²) in [5, 5.41) is 171. The largest absolute Gasteiger partial charge is 0.394 e. The number of ether oxygens (including phenoxy) is 9. The SMILES string of the molecule is C[C@@H](CO[C@@H]1O[C@H](CO)[C@@H](O)[C@H](O)[C@H]1O)C1CC[C@@]2(CC[C@]3(C)[C@H](CC[C@@H]4[C@@]5(C)CC[C@H](OC6O[C@H](CO)[C@@H](O)[C@H](O)[C@H]6O[C@@H]6O[C@H](CO)[C@@H](O)[C@H](O)[C@H]6O)[C@@](C)(CO[C@H]6O[C@H](CO)[C@@H](O)[C@H](O)[C@H]6O)[C@@H]5CC[C@]43C)[C@H]2O)CO1. The Labute approximate surface area is 460 Å². The van der Waals surface area contributed by atoms with Crippen LogP contribution in [0, 0.1) is 50.7 Å². The van der Waals surface area contributed by atoms with Crippen LogP contribution in [0.25, 0.3) is 0 Å². The van der Waals surface area contributed by atoms with Gasteiger partial charge in [-0.05, 0) is 98.2 Å². The number of rotatable bonds is 15. The van der Waals surface area contributed by atoms with Crippen LogP contribution < -0.4 is 0 Å². The van der Waals surface area contributed by atoms with Crippen LogP contribution in [0.2, 0.25) is 0 Å². The second-order valence-electron chi connectivity index (χ2n) is 26.1. The third-order valence-electron chi connectivity index (χ3n) is 22.0. The molecule has 0 aromatic rings. The maximum Gasteiger partial charge on any atom is 0.187 e. The fourth-order valence-electron chi connectivity index (χ4n) is 16.8. The molecule has 0 bridgehead atoms. The lowest BCUT2D eigenvalue weighted by Gasteiger charge is -2.73. The van der Waals surface area contributed by atoms with E-state index in [2.05, 4.69) is 20.8 Å². The van der Waals surface area contributed by atoms with Crippen LogP contribution >= 0.6 is 0 Å². The summed E-state index contributed by atoms with van der Waals surface area (Å²) in [4.78, 5) is 0. The number of aliphatic hydroxyl groups is 16. The smallest absolute Gasteiger partial charge is 0.187 e. The van der Waals surface area contributed by atoms with E-state index in [9.17, 15) is 81.7 Å². The van der Waals surface area contributed by atoms with Crippen LogP contribution in [0.4, 0.5) is 0 Å². The predicted molar refractivity (Wildman–Crippen MR) is 267 cm³/mol. The van der Waals surface area contributed by atoms with Crippen LogP contribution in [0.5, 0.6) is 0 Å². The molecule has 5 aliphatic heterocycles. The van der Waals surface area contributed by atoms with E-state index in [-0.39, 0.29) is 53.8 Å². The quantitative estimate of drug-likeness (QED) is 0.0692. The van der Waals surface area contributed by atoms with Gasteiger partial charge in [-0.15, -0.1) is 0 Å². The summed E-state index contributed by atoms with van der Waals surface area (Å²) in [6.07, 6.45) is -26.5. The van der Waals surface area contributed by atoms with Gasteiger partial charge in [0, 0.05) is 16.7 Å². The van der Waals surface area contributed by atoms with Gasteiger partial charge >= 0.3 is 0 Å². The normalized spacial score (nSPS) is 55.6. The highest BCUT2D eigenvalue weighted by Gasteiger charge is 2.71. The van der Waals surface area contributed by atoms with Gasteiger partial charge in [0.2, 0.25) is 0 Å². The van der Waals surface area contributed by atoms with Crippen molar-refractivity contribution in [2.45, 2.75) is 240 Å². The molecule has 9 aliphatic rings. The van der Waals surface area contributed by atoms with Crippen molar-refractivity contribution in [3.63, 3.8) is 0 Å². The van der Waals surface area contributed by atoms with E-state index in [4.69, 9.17) is 42.6 Å². The number of hydrogen-bond acceptors (Lipinski definition) is 25. The zero-order chi connectivity index (χ0) is 57.5. The topological polar surface area (TPSA) is 407 Å². The fourth-order valence-corrected chi connectivity index (χ4v) is 16.8. The van der Waals surface area contributed by atoms with Gasteiger partial charge in [0.1, 0.15) is 97.7 Å². The Kier molecular flexibility index (Phi) is 19.0. The molecule has 9 rings (SSSR count). The van der Waals surface area contributed by atoms with E-state index in [1.54, 1.807) is 0 Å². The minimum atomic E-state index is -1.89. The van der Waals surface area contributed by atoms with Crippen LogP contribution in [0.15, 0.2) is 0 Å². The van der Waals surface area contributed by atoms with Gasteiger partial charge in [0.25, 0.3) is 0 Å². The number of fused-ring (bicyclic) bond motifs is 5. The molecule has 32 atom stereocenters. The van der Waals surface area contributed by atoms with E-state index in [1.807, 2.05) is 13.8 Å². The van der Waals surface area contributed by atoms with Gasteiger partial charge in [-0.2, -0.15) is 0 Å². The van der Waals surface area contributed by atoms with Gasteiger partial charge in [0.05, 0.1) is 64.6 Å². The van der Waals surface area contributed by atoms with Gasteiger partial charge in [0.15, 0.2) is 25.2 Å². The molecule has 5 heterocycles. The Morgan fingerprint density at radius 3 is 1.53 bits per heavy atom. The first-order valence-electron chi connectivity index (χ1n) is 28.7. The van der Waals surface area contributed by atoms with Crippen molar-refractivity contribution in [2.24, 2.45) is 50.7 Å². The molecule has 458 valence electrons. The average molecular weight is 1140 g/mol. The van der Waals surface area contributed by atoms with Crippen LogP contribution in [-0.4, -0.2) is 269 Å². The summed E-state index contributed by atoms with van der Waals surface area (Å²) in [6, 6.07) is 0. The first-order chi connectivity index (χ1) is 37.3. The van der Waals surface area contributed by atoms with Crippen molar-refractivity contribution in [1.82, 2.24) is 0 Å². The highest BCUT2D eigenvalue weighted by atomic mass is 16.8. The summed E-state index contributed by atoms with van der Waals surface area (Å²) in [5.74, 6) is -0.322. The lowest BCUT2D eigenvalue weighted by Crippen LogP contribution is -2.69. The summed E-state index contributed by atoms with van der Waals surface area (Å²) >= 11 is 0. The number of hydrogen-bond donors (Lipinski definition) is 16. The van der Waals surface area contributed by atoms with Gasteiger partial charge in [-0.3, -0.25) is 0 Å². The Balaban J connectivity index is 0.938. The maximum atomic E-state index is 12.7. The van der Waals surface area contributed by atoms with E-state index < -0.39 is 178 Å². The minimum absolute atomic E-state index is 0.0550. The molecule has 0 aromatic heterocycles. The van der Waals surface area contributed by atoms with Crippen LogP contribution in [-0.2, 0) is 42.6 Å². The Bertz CT molecular complexity index is 2000. The molecule has 4 aliphatic carbocycles. The molecule has 16 N–H and O–H groups in total. The summed E-state index contributed by atoms with van der Waals surface area (Å²) < 4.78 is 55.1. The lowest BCUT2D eigenvalue weighted by atomic mass is 9.33. The first kappa shape index (κ1) is 62.5. The van der Waals surface area contributed by atoms with Crippen molar-refractivity contribution in [1.29, 1.82) is 0 Å². The predicted octanol–water partition coefficient (Wildman–Crippen LogP) is -4.16. The highest BCUT2D eigenvalue weighted by Crippen LogP contribution is 2.75. The Morgan fingerprint density at radius 2 is 0.987 bits per heavy atom. The molecule has 25 heteroatoms. The second-order valence-corrected chi connectivity index (χ2v) is 26.1. The molecule has 5 saturated heterocycles. The van der Waals surface area contributed by atoms with Crippen molar-refractivity contribution in [3.8, 4) is 0 Å². The van der Waals surface area contributed by atoms with Crippen LogP contribution in [0.1, 0.15) is 98.8 Å². The molecule has 1 spiro atoms. The summed E-state index contributed by atoms with van der Waals surface area (Å²) in [5.41, 5.74) is -2.54. The average Bonchev–Trinajstić information content (AvgIpc) is 3.58. The molecule has 0 radical (unpaired) electrons. The Morgan fingerprint density at radius 1 is 0.468 bits per heavy atom. The number of aliphatic hydroxyl groups excluding tert-OH is 16. The molecule has 2 unspecified atom stereocenters. The van der Waals surface area contributed by atoms with Gasteiger partial charge < -0.3 is 124 Å². The monoisotopic (exact) mass is 1140 g/mol. The van der Waals surface area contributed by atoms with E-state index in [1.165, 1.54) is 0 Å². The van der Waals surface area contributed by atoms with Crippen molar-refractivity contribution in [3.05, 3.63) is 0 Å².